The summed E-state index contributed by atoms with van der Waals surface area (Å²) in [5.41, 5.74) is 0.841. The molecule has 0 fully saturated rings. The van der Waals surface area contributed by atoms with Crippen LogP contribution in [0.15, 0.2) is 18.2 Å². The Labute approximate surface area is 92.7 Å². The molecule has 5 heteroatoms. The molecular weight excluding hydrogens is 310 g/mol. The predicted molar refractivity (Wildman–Crippen MR) is 58.7 cm³/mol. The normalized spacial score (nSPS) is 10.9. The van der Waals surface area contributed by atoms with Crippen LogP contribution in [0.2, 0.25) is 5.02 Å². The molecule has 0 aliphatic heterocycles. The van der Waals surface area contributed by atoms with E-state index in [0.29, 0.717) is 5.02 Å². The molecule has 62 valence electrons. The number of halogens is 3. The molecule has 0 saturated heterocycles. The Hall–Kier alpha value is -0.000000000000000167. The molecule has 0 radical (unpaired) electrons. The molecule has 0 aliphatic carbocycles. The molecule has 2 aromatic rings. The van der Waals surface area contributed by atoms with Crippen LogP contribution < -0.4 is 0 Å². The first kappa shape index (κ1) is 8.59. The average molecular weight is 313 g/mol. The van der Waals surface area contributed by atoms with Crippen molar-refractivity contribution in [1.29, 1.82) is 0 Å². The molecule has 0 N–H and O–H groups in total. The average Bonchev–Trinajstić information content (AvgIpc) is 2.29. The van der Waals surface area contributed by atoms with Crippen LogP contribution in [0.1, 0.15) is 0 Å². The number of benzene rings is 1. The van der Waals surface area contributed by atoms with E-state index < -0.39 is 0 Å². The third-order valence-corrected chi connectivity index (χ3v) is 2.90. The summed E-state index contributed by atoms with van der Waals surface area (Å²) in [6, 6.07) is 5.55. The van der Waals surface area contributed by atoms with Gasteiger partial charge in [-0.2, -0.15) is 4.20 Å². The molecular formula is C7H3Cl2IN2. The van der Waals surface area contributed by atoms with Crippen LogP contribution in [0.25, 0.3) is 10.9 Å². The maximum Gasteiger partial charge on any atom is 0.134 e. The monoisotopic (exact) mass is 312 g/mol. The molecule has 1 heterocycles. The summed E-state index contributed by atoms with van der Waals surface area (Å²) in [7, 11) is 0. The fraction of sp³-hybridized carbons (Fsp3) is 0. The van der Waals surface area contributed by atoms with Gasteiger partial charge in [-0.05, 0) is 34.7 Å². The van der Waals surface area contributed by atoms with Crippen molar-refractivity contribution in [2.45, 2.75) is 0 Å². The van der Waals surface area contributed by atoms with E-state index in [1.54, 1.807) is 0 Å². The maximum atomic E-state index is 5.96. The van der Waals surface area contributed by atoms with Crippen molar-refractivity contribution < 1.29 is 0 Å². The summed E-state index contributed by atoms with van der Waals surface area (Å²) in [4.78, 5) is 0. The second-order valence-electron chi connectivity index (χ2n) is 2.28. The number of fused-ring (bicyclic) bond motifs is 1. The molecule has 1 aromatic heterocycles. The van der Waals surface area contributed by atoms with Crippen LogP contribution in [0, 0.1) is 3.70 Å². The Bertz CT molecular complexity index is 438. The summed E-state index contributed by atoms with van der Waals surface area (Å²) < 4.78 is 2.13. The maximum absolute atomic E-state index is 5.96. The first-order valence-corrected chi connectivity index (χ1v) is 4.98. The number of aromatic nitrogens is 2. The van der Waals surface area contributed by atoms with Crippen LogP contribution >= 0.6 is 46.0 Å². The molecule has 0 spiro atoms. The van der Waals surface area contributed by atoms with Gasteiger partial charge < -0.3 is 0 Å². The Morgan fingerprint density at radius 2 is 2.17 bits per heavy atom. The van der Waals surface area contributed by atoms with Crippen molar-refractivity contribution >= 4 is 56.9 Å². The van der Waals surface area contributed by atoms with Crippen molar-refractivity contribution in [3.8, 4) is 0 Å². The quantitative estimate of drug-likeness (QED) is 0.683. The van der Waals surface area contributed by atoms with Crippen LogP contribution in [-0.4, -0.2) is 9.30 Å². The van der Waals surface area contributed by atoms with E-state index in [-0.39, 0.29) is 0 Å². The third kappa shape index (κ3) is 1.20. The lowest BCUT2D eigenvalue weighted by Crippen LogP contribution is -1.80. The lowest BCUT2D eigenvalue weighted by molar-refractivity contribution is 1.00. The summed E-state index contributed by atoms with van der Waals surface area (Å²) in [5, 5.41) is 5.63. The summed E-state index contributed by atoms with van der Waals surface area (Å²) in [6.07, 6.45) is 0. The standard InChI is InChI=1S/C7H3Cl2IN2/c8-4-2-1-3-5-6(4)7(10)11-12(5)9/h1-3H. The zero-order valence-corrected chi connectivity index (χ0v) is 9.43. The Morgan fingerprint density at radius 3 is 2.83 bits per heavy atom. The summed E-state index contributed by atoms with van der Waals surface area (Å²) in [6.45, 7) is 0. The van der Waals surface area contributed by atoms with Crippen molar-refractivity contribution in [3.63, 3.8) is 0 Å². The van der Waals surface area contributed by atoms with E-state index in [0.717, 1.165) is 14.6 Å². The Kier molecular flexibility index (Phi) is 2.18. The van der Waals surface area contributed by atoms with Gasteiger partial charge in [-0.1, -0.05) is 17.7 Å². The SMILES string of the molecule is Clc1cccc2c1c(I)nn2Cl. The van der Waals surface area contributed by atoms with Gasteiger partial charge in [0, 0.05) is 11.8 Å². The number of rotatable bonds is 0. The molecule has 1 aromatic carbocycles. The van der Waals surface area contributed by atoms with E-state index in [1.807, 2.05) is 18.2 Å². The van der Waals surface area contributed by atoms with E-state index in [4.69, 9.17) is 23.4 Å². The molecule has 0 bridgehead atoms. The molecule has 12 heavy (non-hydrogen) atoms. The minimum atomic E-state index is 0.684. The highest BCUT2D eigenvalue weighted by molar-refractivity contribution is 14.1. The van der Waals surface area contributed by atoms with Gasteiger partial charge in [-0.15, -0.1) is 5.10 Å². The highest BCUT2D eigenvalue weighted by Gasteiger charge is 2.09. The fourth-order valence-electron chi connectivity index (χ4n) is 1.05. The number of hydrogen-bond acceptors (Lipinski definition) is 1. The minimum absolute atomic E-state index is 0.684. The second-order valence-corrected chi connectivity index (χ2v) is 4.03. The van der Waals surface area contributed by atoms with Crippen molar-refractivity contribution in [2.24, 2.45) is 0 Å². The van der Waals surface area contributed by atoms with Gasteiger partial charge in [-0.25, -0.2) is 0 Å². The summed E-state index contributed by atoms with van der Waals surface area (Å²) in [5.74, 6) is 0. The van der Waals surface area contributed by atoms with Gasteiger partial charge in [0.1, 0.15) is 3.70 Å². The third-order valence-electron chi connectivity index (χ3n) is 1.57. The minimum Gasteiger partial charge on any atom is -0.171 e. The predicted octanol–water partition coefficient (Wildman–Crippen LogP) is 3.30. The smallest absolute Gasteiger partial charge is 0.134 e. The molecule has 2 rings (SSSR count). The van der Waals surface area contributed by atoms with Crippen LogP contribution in [0.5, 0.6) is 0 Å². The van der Waals surface area contributed by atoms with Gasteiger partial charge in [0.15, 0.2) is 0 Å². The number of hydrogen-bond donors (Lipinski definition) is 0. The topological polar surface area (TPSA) is 17.8 Å². The summed E-state index contributed by atoms with van der Waals surface area (Å²) >= 11 is 13.9. The van der Waals surface area contributed by atoms with Gasteiger partial charge >= 0.3 is 0 Å². The van der Waals surface area contributed by atoms with E-state index >= 15 is 0 Å². The molecule has 0 atom stereocenters. The lowest BCUT2D eigenvalue weighted by Gasteiger charge is -1.92. The van der Waals surface area contributed by atoms with E-state index in [2.05, 4.69) is 27.7 Å². The highest BCUT2D eigenvalue weighted by atomic mass is 127. The van der Waals surface area contributed by atoms with Crippen molar-refractivity contribution in [1.82, 2.24) is 9.30 Å². The Balaban J connectivity index is 2.99. The molecule has 0 saturated carbocycles. The lowest BCUT2D eigenvalue weighted by atomic mass is 10.3. The van der Waals surface area contributed by atoms with Gasteiger partial charge in [-0.3, -0.25) is 0 Å². The first-order valence-electron chi connectivity index (χ1n) is 3.19. The second kappa shape index (κ2) is 3.05. The zero-order valence-electron chi connectivity index (χ0n) is 5.76. The van der Waals surface area contributed by atoms with Crippen LogP contribution in [0.4, 0.5) is 0 Å². The van der Waals surface area contributed by atoms with Crippen molar-refractivity contribution in [2.75, 3.05) is 0 Å². The molecule has 2 nitrogen and oxygen atoms in total. The highest BCUT2D eigenvalue weighted by Crippen LogP contribution is 2.27. The Morgan fingerprint density at radius 1 is 1.42 bits per heavy atom. The molecule has 0 aliphatic rings. The van der Waals surface area contributed by atoms with Crippen LogP contribution in [0.3, 0.4) is 0 Å². The van der Waals surface area contributed by atoms with E-state index in [9.17, 15) is 0 Å². The van der Waals surface area contributed by atoms with Gasteiger partial charge in [0.05, 0.1) is 15.9 Å². The van der Waals surface area contributed by atoms with Crippen LogP contribution in [-0.2, 0) is 0 Å². The van der Waals surface area contributed by atoms with Gasteiger partial charge in [0.25, 0.3) is 0 Å². The van der Waals surface area contributed by atoms with Crippen molar-refractivity contribution in [3.05, 3.63) is 26.9 Å². The zero-order chi connectivity index (χ0) is 8.72. The van der Waals surface area contributed by atoms with Gasteiger partial charge in [0.2, 0.25) is 0 Å². The first-order chi connectivity index (χ1) is 5.70. The largest absolute Gasteiger partial charge is 0.171 e. The fourth-order valence-corrected chi connectivity index (χ4v) is 2.60. The molecule has 0 amide bonds. The van der Waals surface area contributed by atoms with E-state index in [1.165, 1.54) is 4.20 Å². The molecule has 0 unspecified atom stereocenters. The number of nitrogens with zero attached hydrogens (tertiary/aromatic N) is 2.